The molecule has 1 amide bonds. The van der Waals surface area contributed by atoms with Crippen molar-refractivity contribution >= 4 is 34.8 Å². The molecule has 3 heterocycles. The largest absolute Gasteiger partial charge is 0.355 e. The topological polar surface area (TPSA) is 59.3 Å². The van der Waals surface area contributed by atoms with Crippen molar-refractivity contribution in [2.24, 2.45) is 0 Å². The normalized spacial score (nSPS) is 10.9. The summed E-state index contributed by atoms with van der Waals surface area (Å²) < 4.78 is 1.73. The van der Waals surface area contributed by atoms with Crippen LogP contribution in [0.4, 0.5) is 0 Å². The van der Waals surface area contributed by atoms with Gasteiger partial charge in [0.2, 0.25) is 5.91 Å². The standard InChI is InChI=1S/C16H14Cl2N4O/c17-12-6-14(18)16-21-13(10-22(16)9-12)7-15(23)20-5-3-11-2-1-4-19-8-11/h1-2,4,6,8-10H,3,5,7H2,(H,20,23). The number of imidazole rings is 1. The Labute approximate surface area is 143 Å². The number of carbonyl (C=O) groups is 1. The minimum Gasteiger partial charge on any atom is -0.355 e. The molecule has 0 aromatic carbocycles. The van der Waals surface area contributed by atoms with Crippen molar-refractivity contribution in [1.82, 2.24) is 19.7 Å². The van der Waals surface area contributed by atoms with Crippen LogP contribution in [0.3, 0.4) is 0 Å². The summed E-state index contributed by atoms with van der Waals surface area (Å²) in [5.41, 5.74) is 2.32. The van der Waals surface area contributed by atoms with E-state index < -0.39 is 0 Å². The van der Waals surface area contributed by atoms with Crippen LogP contribution in [-0.2, 0) is 17.6 Å². The van der Waals surface area contributed by atoms with Crippen LogP contribution in [0.15, 0.2) is 43.0 Å². The first-order valence-electron chi connectivity index (χ1n) is 7.10. The first-order valence-corrected chi connectivity index (χ1v) is 7.85. The van der Waals surface area contributed by atoms with Crippen molar-refractivity contribution in [1.29, 1.82) is 0 Å². The second-order valence-electron chi connectivity index (χ2n) is 5.11. The summed E-state index contributed by atoms with van der Waals surface area (Å²) in [6.45, 7) is 0.560. The van der Waals surface area contributed by atoms with Gasteiger partial charge in [-0.25, -0.2) is 4.98 Å². The maximum atomic E-state index is 12.0. The van der Waals surface area contributed by atoms with Gasteiger partial charge in [-0.05, 0) is 24.1 Å². The molecule has 3 aromatic rings. The van der Waals surface area contributed by atoms with E-state index in [0.717, 1.165) is 12.0 Å². The van der Waals surface area contributed by atoms with Gasteiger partial charge in [-0.1, -0.05) is 29.3 Å². The van der Waals surface area contributed by atoms with E-state index in [4.69, 9.17) is 23.2 Å². The van der Waals surface area contributed by atoms with Gasteiger partial charge in [0.05, 0.1) is 22.2 Å². The lowest BCUT2D eigenvalue weighted by Gasteiger charge is -2.03. The lowest BCUT2D eigenvalue weighted by molar-refractivity contribution is -0.120. The van der Waals surface area contributed by atoms with Crippen LogP contribution in [0.5, 0.6) is 0 Å². The predicted octanol–water partition coefficient (Wildman–Crippen LogP) is 2.94. The predicted molar refractivity (Wildman–Crippen MR) is 89.9 cm³/mol. The van der Waals surface area contributed by atoms with E-state index in [-0.39, 0.29) is 12.3 Å². The fraction of sp³-hybridized carbons (Fsp3) is 0.188. The van der Waals surface area contributed by atoms with Gasteiger partial charge in [0.15, 0.2) is 5.65 Å². The molecule has 3 rings (SSSR count). The van der Waals surface area contributed by atoms with Gasteiger partial charge in [0, 0.05) is 31.3 Å². The Morgan fingerprint density at radius 2 is 2.17 bits per heavy atom. The highest BCUT2D eigenvalue weighted by Gasteiger charge is 2.10. The second-order valence-corrected chi connectivity index (χ2v) is 5.95. The Balaban J connectivity index is 1.58. The lowest BCUT2D eigenvalue weighted by Crippen LogP contribution is -2.27. The van der Waals surface area contributed by atoms with Gasteiger partial charge in [0.25, 0.3) is 0 Å². The number of aromatic nitrogens is 3. The van der Waals surface area contributed by atoms with Crippen molar-refractivity contribution in [2.45, 2.75) is 12.8 Å². The smallest absolute Gasteiger partial charge is 0.226 e. The molecule has 0 saturated carbocycles. The zero-order valence-corrected chi connectivity index (χ0v) is 13.7. The van der Waals surface area contributed by atoms with Gasteiger partial charge in [-0.15, -0.1) is 0 Å². The van der Waals surface area contributed by atoms with Gasteiger partial charge in [0.1, 0.15) is 0 Å². The van der Waals surface area contributed by atoms with Gasteiger partial charge >= 0.3 is 0 Å². The zero-order valence-electron chi connectivity index (χ0n) is 12.2. The van der Waals surface area contributed by atoms with E-state index in [2.05, 4.69) is 15.3 Å². The van der Waals surface area contributed by atoms with E-state index in [9.17, 15) is 4.79 Å². The third kappa shape index (κ3) is 4.00. The molecule has 5 nitrogen and oxygen atoms in total. The number of pyridine rings is 2. The Kier molecular flexibility index (Phi) is 4.79. The van der Waals surface area contributed by atoms with E-state index in [1.165, 1.54) is 0 Å². The molecule has 0 fully saturated rings. The van der Waals surface area contributed by atoms with Crippen LogP contribution in [0.1, 0.15) is 11.3 Å². The number of nitrogens with one attached hydrogen (secondary N) is 1. The molecule has 1 N–H and O–H groups in total. The molecule has 0 aliphatic heterocycles. The van der Waals surface area contributed by atoms with Crippen molar-refractivity contribution in [3.05, 3.63) is 64.3 Å². The van der Waals surface area contributed by atoms with E-state index >= 15 is 0 Å². The molecule has 0 aliphatic rings. The van der Waals surface area contributed by atoms with E-state index in [1.807, 2.05) is 12.1 Å². The van der Waals surface area contributed by atoms with Gasteiger partial charge < -0.3 is 9.72 Å². The van der Waals surface area contributed by atoms with Crippen molar-refractivity contribution in [3.63, 3.8) is 0 Å². The number of hydrogen-bond donors (Lipinski definition) is 1. The Bertz CT molecular complexity index is 833. The van der Waals surface area contributed by atoms with Crippen molar-refractivity contribution in [2.75, 3.05) is 6.54 Å². The Morgan fingerprint density at radius 3 is 2.96 bits per heavy atom. The quantitative estimate of drug-likeness (QED) is 0.771. The average Bonchev–Trinajstić information content (AvgIpc) is 2.91. The highest BCUT2D eigenvalue weighted by Crippen LogP contribution is 2.21. The molecule has 0 bridgehead atoms. The van der Waals surface area contributed by atoms with Crippen molar-refractivity contribution in [3.8, 4) is 0 Å². The number of halogens is 2. The maximum Gasteiger partial charge on any atom is 0.226 e. The summed E-state index contributed by atoms with van der Waals surface area (Å²) in [7, 11) is 0. The van der Waals surface area contributed by atoms with Crippen LogP contribution >= 0.6 is 23.2 Å². The summed E-state index contributed by atoms with van der Waals surface area (Å²) in [5, 5.41) is 3.85. The summed E-state index contributed by atoms with van der Waals surface area (Å²) in [5.74, 6) is -0.0838. The van der Waals surface area contributed by atoms with Crippen LogP contribution in [0.25, 0.3) is 5.65 Å². The molecule has 0 aliphatic carbocycles. The summed E-state index contributed by atoms with van der Waals surface area (Å²) >= 11 is 12.0. The lowest BCUT2D eigenvalue weighted by atomic mass is 10.2. The summed E-state index contributed by atoms with van der Waals surface area (Å²) in [4.78, 5) is 20.4. The number of amides is 1. The first kappa shape index (κ1) is 15.8. The van der Waals surface area contributed by atoms with Gasteiger partial charge in [-0.3, -0.25) is 9.78 Å². The molecule has 7 heteroatoms. The van der Waals surface area contributed by atoms with E-state index in [0.29, 0.717) is 27.9 Å². The molecule has 0 saturated heterocycles. The molecule has 0 spiro atoms. The molecular formula is C16H14Cl2N4O. The van der Waals surface area contributed by atoms with Crippen LogP contribution in [0, 0.1) is 0 Å². The van der Waals surface area contributed by atoms with Crippen LogP contribution in [0.2, 0.25) is 10.0 Å². The first-order chi connectivity index (χ1) is 11.1. The fourth-order valence-electron chi connectivity index (χ4n) is 2.28. The molecule has 0 atom stereocenters. The second kappa shape index (κ2) is 6.98. The fourth-order valence-corrected chi connectivity index (χ4v) is 2.81. The molecule has 23 heavy (non-hydrogen) atoms. The number of fused-ring (bicyclic) bond motifs is 1. The SMILES string of the molecule is O=C(Cc1cn2cc(Cl)cc(Cl)c2n1)NCCc1cccnc1. The van der Waals surface area contributed by atoms with Crippen molar-refractivity contribution < 1.29 is 4.79 Å². The summed E-state index contributed by atoms with van der Waals surface area (Å²) in [6.07, 6.45) is 7.92. The number of hydrogen-bond acceptors (Lipinski definition) is 3. The van der Waals surface area contributed by atoms with Crippen LogP contribution < -0.4 is 5.32 Å². The zero-order chi connectivity index (χ0) is 16.2. The number of nitrogens with zero attached hydrogens (tertiary/aromatic N) is 3. The monoisotopic (exact) mass is 348 g/mol. The Hall–Kier alpha value is -2.11. The van der Waals surface area contributed by atoms with Crippen LogP contribution in [-0.4, -0.2) is 26.8 Å². The highest BCUT2D eigenvalue weighted by atomic mass is 35.5. The Morgan fingerprint density at radius 1 is 1.30 bits per heavy atom. The molecule has 0 radical (unpaired) electrons. The average molecular weight is 349 g/mol. The van der Waals surface area contributed by atoms with E-state index in [1.54, 1.807) is 35.3 Å². The summed E-state index contributed by atoms with van der Waals surface area (Å²) in [6, 6.07) is 5.49. The highest BCUT2D eigenvalue weighted by molar-refractivity contribution is 6.36. The minimum absolute atomic E-state index is 0.0838. The molecular weight excluding hydrogens is 335 g/mol. The number of rotatable bonds is 5. The molecule has 3 aromatic heterocycles. The third-order valence-corrected chi connectivity index (χ3v) is 3.81. The maximum absolute atomic E-state index is 12.0. The molecule has 0 unspecified atom stereocenters. The molecule has 118 valence electrons. The number of carbonyl (C=O) groups excluding carboxylic acids is 1. The minimum atomic E-state index is -0.0838. The van der Waals surface area contributed by atoms with Gasteiger partial charge in [-0.2, -0.15) is 0 Å². The third-order valence-electron chi connectivity index (χ3n) is 3.32.